The highest BCUT2D eigenvalue weighted by molar-refractivity contribution is 5.77. The number of rotatable bonds is 6. The lowest BCUT2D eigenvalue weighted by atomic mass is 10.1. The fraction of sp³-hybridized carbons (Fsp3) is 0.562. The Morgan fingerprint density at radius 2 is 1.71 bits per heavy atom. The van der Waals surface area contributed by atoms with Crippen molar-refractivity contribution in [1.29, 1.82) is 0 Å². The summed E-state index contributed by atoms with van der Waals surface area (Å²) in [6.07, 6.45) is 0. The van der Waals surface area contributed by atoms with E-state index in [4.69, 9.17) is 0 Å². The number of nitrogens with one attached hydrogen (secondary N) is 2. The van der Waals surface area contributed by atoms with E-state index in [1.165, 1.54) is 5.56 Å². The van der Waals surface area contributed by atoms with E-state index < -0.39 is 0 Å². The Morgan fingerprint density at radius 3 is 2.33 bits per heavy atom. The number of carbonyl (C=O) groups excluding carboxylic acids is 1. The highest BCUT2D eigenvalue weighted by Gasteiger charge is 2.13. The zero-order valence-corrected chi connectivity index (χ0v) is 13.1. The predicted molar refractivity (Wildman–Crippen MR) is 85.0 cm³/mol. The van der Waals surface area contributed by atoms with Gasteiger partial charge in [-0.25, -0.2) is 0 Å². The molecular weight excluding hydrogens is 264 g/mol. The van der Waals surface area contributed by atoms with E-state index in [2.05, 4.69) is 51.7 Å². The molecule has 0 unspecified atom stereocenters. The molecule has 0 atom stereocenters. The van der Waals surface area contributed by atoms with Crippen LogP contribution < -0.4 is 10.6 Å². The SMILES string of the molecule is CNCC(=O)NCc1ccc(CN2CCN(C)CC2)cc1. The third-order valence-electron chi connectivity index (χ3n) is 3.85. The van der Waals surface area contributed by atoms with Gasteiger partial charge in [-0.15, -0.1) is 0 Å². The van der Waals surface area contributed by atoms with E-state index in [1.54, 1.807) is 7.05 Å². The average Bonchev–Trinajstić information content (AvgIpc) is 2.49. The van der Waals surface area contributed by atoms with Gasteiger partial charge in [0.15, 0.2) is 0 Å². The minimum atomic E-state index is 0.0269. The average molecular weight is 290 g/mol. The van der Waals surface area contributed by atoms with Crippen LogP contribution in [0.15, 0.2) is 24.3 Å². The Hall–Kier alpha value is -1.43. The summed E-state index contributed by atoms with van der Waals surface area (Å²) in [5, 5.41) is 5.73. The van der Waals surface area contributed by atoms with Gasteiger partial charge in [0, 0.05) is 39.3 Å². The second kappa shape index (κ2) is 8.12. The van der Waals surface area contributed by atoms with Gasteiger partial charge in [-0.1, -0.05) is 24.3 Å². The lowest BCUT2D eigenvalue weighted by molar-refractivity contribution is -0.120. The van der Waals surface area contributed by atoms with Crippen LogP contribution in [0.5, 0.6) is 0 Å². The molecule has 116 valence electrons. The summed E-state index contributed by atoms with van der Waals surface area (Å²) < 4.78 is 0. The molecule has 0 spiro atoms. The largest absolute Gasteiger partial charge is 0.351 e. The molecule has 1 amide bonds. The summed E-state index contributed by atoms with van der Waals surface area (Å²) in [6, 6.07) is 8.53. The molecule has 0 saturated carbocycles. The van der Waals surface area contributed by atoms with Crippen molar-refractivity contribution in [2.75, 3.05) is 46.8 Å². The lowest BCUT2D eigenvalue weighted by Gasteiger charge is -2.32. The second-order valence-electron chi connectivity index (χ2n) is 5.70. The fourth-order valence-corrected chi connectivity index (χ4v) is 2.45. The second-order valence-corrected chi connectivity index (χ2v) is 5.70. The van der Waals surface area contributed by atoms with Crippen molar-refractivity contribution in [2.24, 2.45) is 0 Å². The van der Waals surface area contributed by atoms with Gasteiger partial charge < -0.3 is 15.5 Å². The molecule has 5 heteroatoms. The first-order chi connectivity index (χ1) is 10.2. The number of amides is 1. The minimum absolute atomic E-state index is 0.0269. The van der Waals surface area contributed by atoms with Crippen molar-refractivity contribution in [2.45, 2.75) is 13.1 Å². The Kier molecular flexibility index (Phi) is 6.17. The molecule has 0 radical (unpaired) electrons. The van der Waals surface area contributed by atoms with Crippen molar-refractivity contribution in [1.82, 2.24) is 20.4 Å². The molecule has 5 nitrogen and oxygen atoms in total. The van der Waals surface area contributed by atoms with Crippen LogP contribution in [-0.2, 0) is 17.9 Å². The monoisotopic (exact) mass is 290 g/mol. The molecule has 1 aromatic carbocycles. The van der Waals surface area contributed by atoms with Crippen molar-refractivity contribution in [3.63, 3.8) is 0 Å². The molecular formula is C16H26N4O. The van der Waals surface area contributed by atoms with E-state index in [0.29, 0.717) is 13.1 Å². The molecule has 0 aliphatic carbocycles. The Bertz CT molecular complexity index is 438. The number of nitrogens with zero attached hydrogens (tertiary/aromatic N) is 2. The van der Waals surface area contributed by atoms with E-state index in [9.17, 15) is 4.79 Å². The molecule has 0 bridgehead atoms. The maximum Gasteiger partial charge on any atom is 0.234 e. The summed E-state index contributed by atoms with van der Waals surface area (Å²) in [5.41, 5.74) is 2.48. The quantitative estimate of drug-likeness (QED) is 0.789. The van der Waals surface area contributed by atoms with Crippen LogP contribution in [0.1, 0.15) is 11.1 Å². The van der Waals surface area contributed by atoms with Crippen molar-refractivity contribution in [3.8, 4) is 0 Å². The maximum atomic E-state index is 11.4. The molecule has 1 heterocycles. The Labute approximate surface area is 127 Å². The molecule has 21 heavy (non-hydrogen) atoms. The predicted octanol–water partition coefficient (Wildman–Crippen LogP) is 0.270. The molecule has 2 rings (SSSR count). The first-order valence-corrected chi connectivity index (χ1v) is 7.57. The van der Waals surface area contributed by atoms with Crippen molar-refractivity contribution in [3.05, 3.63) is 35.4 Å². The molecule has 1 aliphatic heterocycles. The van der Waals surface area contributed by atoms with Gasteiger partial charge in [0.1, 0.15) is 0 Å². The first-order valence-electron chi connectivity index (χ1n) is 7.57. The summed E-state index contributed by atoms with van der Waals surface area (Å²) >= 11 is 0. The van der Waals surface area contributed by atoms with Crippen LogP contribution in [-0.4, -0.2) is 62.5 Å². The van der Waals surface area contributed by atoms with E-state index in [-0.39, 0.29) is 5.91 Å². The summed E-state index contributed by atoms with van der Waals surface area (Å²) in [5.74, 6) is 0.0269. The van der Waals surface area contributed by atoms with Crippen LogP contribution in [0.2, 0.25) is 0 Å². The third-order valence-corrected chi connectivity index (χ3v) is 3.85. The standard InChI is InChI=1S/C16H26N4O/c1-17-12-16(21)18-11-14-3-5-15(6-4-14)13-20-9-7-19(2)8-10-20/h3-6,17H,7-13H2,1-2H3,(H,18,21). The fourth-order valence-electron chi connectivity index (χ4n) is 2.45. The van der Waals surface area contributed by atoms with Gasteiger partial charge in [0.2, 0.25) is 5.91 Å². The van der Waals surface area contributed by atoms with Gasteiger partial charge in [-0.3, -0.25) is 9.69 Å². The van der Waals surface area contributed by atoms with Crippen molar-refractivity contribution < 1.29 is 4.79 Å². The third kappa shape index (κ3) is 5.46. The van der Waals surface area contributed by atoms with Gasteiger partial charge >= 0.3 is 0 Å². The van der Waals surface area contributed by atoms with Crippen LogP contribution in [0.3, 0.4) is 0 Å². The first kappa shape index (κ1) is 15.9. The van der Waals surface area contributed by atoms with E-state index in [0.717, 1.165) is 38.3 Å². The number of hydrogen-bond acceptors (Lipinski definition) is 4. The normalized spacial score (nSPS) is 16.9. The number of likely N-dealkylation sites (N-methyl/N-ethyl adjacent to an activating group) is 2. The minimum Gasteiger partial charge on any atom is -0.351 e. The number of carbonyl (C=O) groups is 1. The number of piperazine rings is 1. The molecule has 2 N–H and O–H groups in total. The van der Waals surface area contributed by atoms with Crippen LogP contribution >= 0.6 is 0 Å². The maximum absolute atomic E-state index is 11.4. The lowest BCUT2D eigenvalue weighted by Crippen LogP contribution is -2.43. The van der Waals surface area contributed by atoms with Gasteiger partial charge in [0.25, 0.3) is 0 Å². The number of benzene rings is 1. The molecule has 1 aliphatic rings. The Morgan fingerprint density at radius 1 is 1.10 bits per heavy atom. The zero-order valence-electron chi connectivity index (χ0n) is 13.1. The molecule has 1 aromatic rings. The summed E-state index contributed by atoms with van der Waals surface area (Å²) in [6.45, 7) is 6.54. The molecule has 0 aromatic heterocycles. The van der Waals surface area contributed by atoms with Gasteiger partial charge in [-0.2, -0.15) is 0 Å². The Balaban J connectivity index is 1.77. The van der Waals surface area contributed by atoms with Gasteiger partial charge in [0.05, 0.1) is 6.54 Å². The smallest absolute Gasteiger partial charge is 0.234 e. The van der Waals surface area contributed by atoms with Crippen LogP contribution in [0.4, 0.5) is 0 Å². The zero-order chi connectivity index (χ0) is 15.1. The van der Waals surface area contributed by atoms with Gasteiger partial charge in [-0.05, 0) is 25.2 Å². The van der Waals surface area contributed by atoms with Crippen molar-refractivity contribution >= 4 is 5.91 Å². The molecule has 1 saturated heterocycles. The number of hydrogen-bond donors (Lipinski definition) is 2. The summed E-state index contributed by atoms with van der Waals surface area (Å²) in [4.78, 5) is 16.2. The summed E-state index contributed by atoms with van der Waals surface area (Å²) in [7, 11) is 3.95. The highest BCUT2D eigenvalue weighted by atomic mass is 16.1. The topological polar surface area (TPSA) is 47.6 Å². The van der Waals surface area contributed by atoms with E-state index in [1.807, 2.05) is 0 Å². The molecule has 1 fully saturated rings. The van der Waals surface area contributed by atoms with Crippen LogP contribution in [0, 0.1) is 0 Å². The van der Waals surface area contributed by atoms with Crippen LogP contribution in [0.25, 0.3) is 0 Å². The van der Waals surface area contributed by atoms with E-state index >= 15 is 0 Å². The highest BCUT2D eigenvalue weighted by Crippen LogP contribution is 2.09.